The van der Waals surface area contributed by atoms with Gasteiger partial charge in [0.2, 0.25) is 0 Å². The first kappa shape index (κ1) is 40.5. The van der Waals surface area contributed by atoms with Crippen molar-refractivity contribution >= 4 is 5.78 Å². The van der Waals surface area contributed by atoms with E-state index >= 15 is 0 Å². The van der Waals surface area contributed by atoms with E-state index in [-0.39, 0.29) is 5.78 Å². The highest BCUT2D eigenvalue weighted by molar-refractivity contribution is 5.96. The van der Waals surface area contributed by atoms with Gasteiger partial charge in [0, 0.05) is 7.11 Å². The van der Waals surface area contributed by atoms with Crippen molar-refractivity contribution in [2.75, 3.05) is 7.11 Å². The van der Waals surface area contributed by atoms with Gasteiger partial charge in [-0.1, -0.05) is 137 Å². The molecule has 0 aromatic rings. The van der Waals surface area contributed by atoms with E-state index in [1.807, 2.05) is 57.2 Å². The second-order valence-corrected chi connectivity index (χ2v) is 12.5. The summed E-state index contributed by atoms with van der Waals surface area (Å²) in [7, 11) is 1.54. The van der Waals surface area contributed by atoms with Gasteiger partial charge in [-0.25, -0.2) is 0 Å². The molecule has 0 saturated carbocycles. The predicted octanol–water partition coefficient (Wildman–Crippen LogP) is 10.9. The highest BCUT2D eigenvalue weighted by atomic mass is 16.5. The Labute approximate surface area is 269 Å². The third kappa shape index (κ3) is 23.0. The molecule has 3 nitrogen and oxygen atoms in total. The van der Waals surface area contributed by atoms with Crippen molar-refractivity contribution in [1.29, 1.82) is 0 Å². The van der Waals surface area contributed by atoms with E-state index in [9.17, 15) is 9.90 Å². The van der Waals surface area contributed by atoms with Crippen LogP contribution in [-0.2, 0) is 9.53 Å². The number of ether oxygens (including phenoxy) is 1. The van der Waals surface area contributed by atoms with Gasteiger partial charge in [0.25, 0.3) is 0 Å². The van der Waals surface area contributed by atoms with Crippen LogP contribution in [0.1, 0.15) is 88.5 Å². The predicted molar refractivity (Wildman–Crippen MR) is 194 cm³/mol. The third-order valence-electron chi connectivity index (χ3n) is 6.68. The Kier molecular flexibility index (Phi) is 20.3. The van der Waals surface area contributed by atoms with Crippen molar-refractivity contribution in [2.24, 2.45) is 0 Å². The molecule has 0 saturated heterocycles. The van der Waals surface area contributed by atoms with Crippen LogP contribution in [0.2, 0.25) is 0 Å². The van der Waals surface area contributed by atoms with E-state index in [0.717, 1.165) is 36.0 Å². The van der Waals surface area contributed by atoms with Crippen molar-refractivity contribution < 1.29 is 14.6 Å². The molecule has 44 heavy (non-hydrogen) atoms. The molecule has 0 heterocycles. The zero-order chi connectivity index (χ0) is 33.6. The second-order valence-electron chi connectivity index (χ2n) is 12.5. The van der Waals surface area contributed by atoms with Crippen molar-refractivity contribution in [1.82, 2.24) is 0 Å². The van der Waals surface area contributed by atoms with Crippen molar-refractivity contribution in [2.45, 2.75) is 99.7 Å². The van der Waals surface area contributed by atoms with Crippen LogP contribution >= 0.6 is 0 Å². The molecule has 0 bridgehead atoms. The molecular formula is C41H58O3. The van der Waals surface area contributed by atoms with Crippen molar-refractivity contribution in [3.8, 4) is 0 Å². The van der Waals surface area contributed by atoms with Gasteiger partial charge in [-0.2, -0.15) is 0 Å². The zero-order valence-corrected chi connectivity index (χ0v) is 29.3. The van der Waals surface area contributed by atoms with Gasteiger partial charge in [-0.3, -0.25) is 4.79 Å². The fraction of sp³-hybridized carbons (Fsp3) is 0.390. The standard InChI is InChI=1S/C41H58O3/c1-33(21-14-23-35(3)25-16-27-37(5)29-18-32-40(7,8)43)19-12-13-20-34(2)22-15-24-36(4)26-17-28-38(6)30-31-39(42)41(9,10)44-11/h12-17,19-28,30-31,43H,18,29,32H2,1-11H3. The second kappa shape index (κ2) is 22.0. The topological polar surface area (TPSA) is 46.5 Å². The molecule has 0 rings (SSSR count). The van der Waals surface area contributed by atoms with Crippen LogP contribution in [0.25, 0.3) is 0 Å². The quantitative estimate of drug-likeness (QED) is 0.126. The molecular weight excluding hydrogens is 540 g/mol. The van der Waals surface area contributed by atoms with E-state index in [1.54, 1.807) is 27.0 Å². The maximum absolute atomic E-state index is 12.1. The van der Waals surface area contributed by atoms with Crippen LogP contribution in [0, 0.1) is 0 Å². The largest absolute Gasteiger partial charge is 0.390 e. The average molecular weight is 599 g/mol. The summed E-state index contributed by atoms with van der Waals surface area (Å²) in [5.41, 5.74) is 5.58. The van der Waals surface area contributed by atoms with Crippen LogP contribution in [-0.4, -0.2) is 29.2 Å². The molecule has 0 amide bonds. The molecule has 0 spiro atoms. The Hall–Kier alpha value is -3.53. The Bertz CT molecular complexity index is 1270. The number of methoxy groups -OCH3 is 1. The summed E-state index contributed by atoms with van der Waals surface area (Å²) in [4.78, 5) is 12.1. The highest BCUT2D eigenvalue weighted by Gasteiger charge is 2.23. The molecule has 0 atom stereocenters. The van der Waals surface area contributed by atoms with Gasteiger partial charge >= 0.3 is 0 Å². The Morgan fingerprint density at radius 2 is 0.932 bits per heavy atom. The van der Waals surface area contributed by atoms with Gasteiger partial charge < -0.3 is 9.84 Å². The minimum Gasteiger partial charge on any atom is -0.390 e. The van der Waals surface area contributed by atoms with Crippen LogP contribution in [0.4, 0.5) is 0 Å². The molecule has 1 N–H and O–H groups in total. The van der Waals surface area contributed by atoms with Crippen molar-refractivity contribution in [3.63, 3.8) is 0 Å². The summed E-state index contributed by atoms with van der Waals surface area (Å²) < 4.78 is 5.21. The fourth-order valence-electron chi connectivity index (χ4n) is 3.50. The van der Waals surface area contributed by atoms with Crippen LogP contribution in [0.15, 0.2) is 143 Å². The molecule has 3 heteroatoms. The minimum atomic E-state index is -0.804. The first-order valence-electron chi connectivity index (χ1n) is 15.5. The lowest BCUT2D eigenvalue weighted by molar-refractivity contribution is -0.131. The van der Waals surface area contributed by atoms with Gasteiger partial charge in [0.05, 0.1) is 5.60 Å². The highest BCUT2D eigenvalue weighted by Crippen LogP contribution is 2.15. The van der Waals surface area contributed by atoms with E-state index < -0.39 is 11.2 Å². The van der Waals surface area contributed by atoms with E-state index in [0.29, 0.717) is 0 Å². The Morgan fingerprint density at radius 3 is 1.32 bits per heavy atom. The lowest BCUT2D eigenvalue weighted by Gasteiger charge is -2.18. The summed E-state index contributed by atoms with van der Waals surface area (Å²) in [5, 5.41) is 9.82. The maximum Gasteiger partial charge on any atom is 0.186 e. The van der Waals surface area contributed by atoms with Crippen LogP contribution < -0.4 is 0 Å². The SMILES string of the molecule is COC(C)(C)C(=O)C=CC(C)=CC=CC(C)=CC=CC(C)=CC=CC=C(C)C=CC=C(C)C=CC=C(C)CCCC(C)(C)O. The first-order valence-corrected chi connectivity index (χ1v) is 15.5. The summed E-state index contributed by atoms with van der Waals surface area (Å²) in [6.45, 7) is 19.7. The smallest absolute Gasteiger partial charge is 0.186 e. The monoisotopic (exact) mass is 598 g/mol. The number of carbonyl (C=O) groups excluding carboxylic acids is 1. The van der Waals surface area contributed by atoms with Crippen LogP contribution in [0.5, 0.6) is 0 Å². The summed E-state index contributed by atoms with van der Waals surface area (Å²) >= 11 is 0. The normalized spacial score (nSPS) is 16.0. The van der Waals surface area contributed by atoms with Crippen LogP contribution in [0.3, 0.4) is 0 Å². The molecule has 240 valence electrons. The maximum atomic E-state index is 12.1. The first-order chi connectivity index (χ1) is 20.6. The number of hydrogen-bond donors (Lipinski definition) is 1. The molecule has 0 aliphatic rings. The lowest BCUT2D eigenvalue weighted by Crippen LogP contribution is -2.32. The molecule has 0 aromatic heterocycles. The fourth-order valence-corrected chi connectivity index (χ4v) is 3.50. The van der Waals surface area contributed by atoms with Gasteiger partial charge in [0.15, 0.2) is 5.78 Å². The third-order valence-corrected chi connectivity index (χ3v) is 6.68. The zero-order valence-electron chi connectivity index (χ0n) is 29.3. The number of aliphatic hydroxyl groups is 1. The van der Waals surface area contributed by atoms with Gasteiger partial charge in [0.1, 0.15) is 5.60 Å². The summed E-state index contributed by atoms with van der Waals surface area (Å²) in [6, 6.07) is 0. The molecule has 0 radical (unpaired) electrons. The Morgan fingerprint density at radius 1 is 0.568 bits per heavy atom. The molecule has 0 aliphatic heterocycles. The molecule has 0 fully saturated rings. The lowest BCUT2D eigenvalue weighted by atomic mass is 9.99. The number of hydrogen-bond acceptors (Lipinski definition) is 3. The number of allylic oxidation sites excluding steroid dienone is 23. The average Bonchev–Trinajstić information content (AvgIpc) is 2.93. The van der Waals surface area contributed by atoms with E-state index in [2.05, 4.69) is 101 Å². The van der Waals surface area contributed by atoms with E-state index in [1.165, 1.54) is 16.7 Å². The summed E-state index contributed by atoms with van der Waals surface area (Å²) in [5.74, 6) is -0.0582. The molecule has 0 aliphatic carbocycles. The number of ketones is 1. The molecule has 0 aromatic carbocycles. The number of rotatable bonds is 18. The Balaban J connectivity index is 4.80. The van der Waals surface area contributed by atoms with Crippen molar-refractivity contribution in [3.05, 3.63) is 143 Å². The van der Waals surface area contributed by atoms with E-state index in [4.69, 9.17) is 4.74 Å². The van der Waals surface area contributed by atoms with Gasteiger partial charge in [-0.15, -0.1) is 0 Å². The minimum absolute atomic E-state index is 0.0582. The number of carbonyl (C=O) groups is 1. The summed E-state index contributed by atoms with van der Waals surface area (Å²) in [6.07, 6.45) is 39.3. The van der Waals surface area contributed by atoms with Gasteiger partial charge in [-0.05, 0) is 94.6 Å². The molecule has 0 unspecified atom stereocenters.